The summed E-state index contributed by atoms with van der Waals surface area (Å²) in [6, 6.07) is 7.16. The summed E-state index contributed by atoms with van der Waals surface area (Å²) < 4.78 is 63.3. The van der Waals surface area contributed by atoms with Gasteiger partial charge in [0.25, 0.3) is 0 Å². The van der Waals surface area contributed by atoms with Gasteiger partial charge < -0.3 is 14.8 Å². The average Bonchev–Trinajstić information content (AvgIpc) is 3.00. The van der Waals surface area contributed by atoms with Gasteiger partial charge in [-0.15, -0.1) is 0 Å². The van der Waals surface area contributed by atoms with Gasteiger partial charge >= 0.3 is 18.3 Å². The van der Waals surface area contributed by atoms with E-state index in [9.17, 15) is 27.2 Å². The summed E-state index contributed by atoms with van der Waals surface area (Å²) in [5, 5.41) is 2.57. The molecular weight excluding hydrogens is 420 g/mol. The summed E-state index contributed by atoms with van der Waals surface area (Å²) in [6.07, 6.45) is -7.05. The lowest BCUT2D eigenvalue weighted by Crippen LogP contribution is -2.44. The van der Waals surface area contributed by atoms with Crippen molar-refractivity contribution in [1.29, 1.82) is 0 Å². The van der Waals surface area contributed by atoms with Crippen molar-refractivity contribution < 1.29 is 36.6 Å². The van der Waals surface area contributed by atoms with E-state index < -0.39 is 41.8 Å². The minimum absolute atomic E-state index is 0.0500. The Morgan fingerprint density at radius 2 is 1.94 bits per heavy atom. The number of carbonyl (C=O) groups excluding carboxylic acids is 2. The standard InChI is InChI=1S/C21H20F4N2O4/c1-3-30-17-7-5-4-6-13(17)11-26-19(28)27-12(2)18(31-20(27)29)14-8-15(21(23,24)25)10-16(22)9-14/h4-10,12,18H,3,11H2,1-2H3,(H,26,28)/t12-,18-/m0/s1. The molecule has 0 spiro atoms. The predicted molar refractivity (Wildman–Crippen MR) is 102 cm³/mol. The van der Waals surface area contributed by atoms with E-state index in [4.69, 9.17) is 9.47 Å². The number of ether oxygens (including phenoxy) is 2. The van der Waals surface area contributed by atoms with Crippen molar-refractivity contribution in [2.45, 2.75) is 38.7 Å². The van der Waals surface area contributed by atoms with E-state index in [0.29, 0.717) is 30.1 Å². The summed E-state index contributed by atoms with van der Waals surface area (Å²) in [7, 11) is 0. The Bertz CT molecular complexity index is 980. The summed E-state index contributed by atoms with van der Waals surface area (Å²) in [5.41, 5.74) is -0.722. The number of hydrogen-bond acceptors (Lipinski definition) is 4. The number of nitrogens with one attached hydrogen (secondary N) is 1. The molecule has 166 valence electrons. The van der Waals surface area contributed by atoms with Gasteiger partial charge in [0.2, 0.25) is 0 Å². The molecule has 0 aromatic heterocycles. The number of hydrogen-bond donors (Lipinski definition) is 1. The van der Waals surface area contributed by atoms with Crippen molar-refractivity contribution in [3.63, 3.8) is 0 Å². The van der Waals surface area contributed by atoms with Gasteiger partial charge in [0.15, 0.2) is 0 Å². The minimum Gasteiger partial charge on any atom is -0.494 e. The Hall–Kier alpha value is -3.30. The van der Waals surface area contributed by atoms with Crippen molar-refractivity contribution in [2.75, 3.05) is 6.61 Å². The van der Waals surface area contributed by atoms with Crippen molar-refractivity contribution >= 4 is 12.1 Å². The highest BCUT2D eigenvalue weighted by Crippen LogP contribution is 2.37. The molecule has 1 N–H and O–H groups in total. The molecule has 0 bridgehead atoms. The summed E-state index contributed by atoms with van der Waals surface area (Å²) in [4.78, 5) is 25.6. The first-order valence-corrected chi connectivity index (χ1v) is 9.48. The highest BCUT2D eigenvalue weighted by Gasteiger charge is 2.44. The van der Waals surface area contributed by atoms with Gasteiger partial charge in [0.1, 0.15) is 17.7 Å². The molecule has 0 aliphatic carbocycles. The normalized spacial score (nSPS) is 18.6. The maximum Gasteiger partial charge on any atom is 0.419 e. The second-order valence-corrected chi connectivity index (χ2v) is 6.89. The Morgan fingerprint density at radius 3 is 2.61 bits per heavy atom. The maximum atomic E-state index is 13.8. The molecule has 3 rings (SSSR count). The minimum atomic E-state index is -4.77. The molecule has 2 aromatic carbocycles. The third kappa shape index (κ3) is 4.89. The van der Waals surface area contributed by atoms with E-state index in [0.717, 1.165) is 11.0 Å². The fraction of sp³-hybridized carbons (Fsp3) is 0.333. The molecule has 10 heteroatoms. The van der Waals surface area contributed by atoms with Gasteiger partial charge in [-0.05, 0) is 43.7 Å². The third-order valence-electron chi connectivity index (χ3n) is 4.77. The number of amides is 3. The molecule has 2 atom stereocenters. The Morgan fingerprint density at radius 1 is 1.23 bits per heavy atom. The molecule has 1 heterocycles. The lowest BCUT2D eigenvalue weighted by molar-refractivity contribution is -0.137. The Labute approximate surface area is 175 Å². The van der Waals surface area contributed by atoms with E-state index in [1.165, 1.54) is 6.92 Å². The number of rotatable bonds is 5. The first kappa shape index (κ1) is 22.4. The number of urea groups is 1. The number of para-hydroxylation sites is 1. The highest BCUT2D eigenvalue weighted by atomic mass is 19.4. The number of cyclic esters (lactones) is 1. The molecule has 0 unspecified atom stereocenters. The second-order valence-electron chi connectivity index (χ2n) is 6.89. The molecular formula is C21H20F4N2O4. The molecule has 6 nitrogen and oxygen atoms in total. The van der Waals surface area contributed by atoms with Crippen molar-refractivity contribution in [3.05, 3.63) is 65.0 Å². The van der Waals surface area contributed by atoms with Gasteiger partial charge in [-0.25, -0.2) is 18.9 Å². The zero-order chi connectivity index (χ0) is 22.8. The van der Waals surface area contributed by atoms with Crippen LogP contribution in [-0.4, -0.2) is 29.7 Å². The monoisotopic (exact) mass is 440 g/mol. The quantitative estimate of drug-likeness (QED) is 0.662. The summed E-state index contributed by atoms with van der Waals surface area (Å²) in [6.45, 7) is 3.72. The number of alkyl halides is 3. The zero-order valence-corrected chi connectivity index (χ0v) is 16.7. The highest BCUT2D eigenvalue weighted by molar-refractivity contribution is 5.92. The van der Waals surface area contributed by atoms with Gasteiger partial charge in [-0.2, -0.15) is 13.2 Å². The number of benzene rings is 2. The Balaban J connectivity index is 1.75. The number of nitrogens with zero attached hydrogens (tertiary/aromatic N) is 1. The van der Waals surface area contributed by atoms with Crippen LogP contribution >= 0.6 is 0 Å². The van der Waals surface area contributed by atoms with E-state index >= 15 is 0 Å². The smallest absolute Gasteiger partial charge is 0.419 e. The number of halogens is 4. The number of carbonyl (C=O) groups is 2. The second kappa shape index (κ2) is 8.83. The van der Waals surface area contributed by atoms with Crippen LogP contribution in [-0.2, 0) is 17.5 Å². The fourth-order valence-electron chi connectivity index (χ4n) is 3.32. The van der Waals surface area contributed by atoms with Gasteiger partial charge in [-0.1, -0.05) is 18.2 Å². The molecule has 1 aliphatic rings. The molecule has 0 saturated carbocycles. The van der Waals surface area contributed by atoms with Crippen LogP contribution in [0.15, 0.2) is 42.5 Å². The van der Waals surface area contributed by atoms with Gasteiger partial charge in [-0.3, -0.25) is 0 Å². The van der Waals surface area contributed by atoms with Crippen LogP contribution < -0.4 is 10.1 Å². The molecule has 0 radical (unpaired) electrons. The van der Waals surface area contributed by atoms with Gasteiger partial charge in [0, 0.05) is 12.1 Å². The van der Waals surface area contributed by atoms with Crippen molar-refractivity contribution in [1.82, 2.24) is 10.2 Å². The predicted octanol–water partition coefficient (Wildman–Crippen LogP) is 5.03. The molecule has 31 heavy (non-hydrogen) atoms. The van der Waals surface area contributed by atoms with Crippen LogP contribution in [0.2, 0.25) is 0 Å². The topological polar surface area (TPSA) is 67.9 Å². The average molecular weight is 440 g/mol. The van der Waals surface area contributed by atoms with Crippen LogP contribution in [0.3, 0.4) is 0 Å². The van der Waals surface area contributed by atoms with Gasteiger partial charge in [0.05, 0.1) is 18.2 Å². The van der Waals surface area contributed by atoms with Crippen LogP contribution in [0.4, 0.5) is 27.2 Å². The van der Waals surface area contributed by atoms with Crippen LogP contribution in [0, 0.1) is 5.82 Å². The lowest BCUT2D eigenvalue weighted by atomic mass is 10.0. The van der Waals surface area contributed by atoms with Crippen molar-refractivity contribution in [3.8, 4) is 5.75 Å². The fourth-order valence-corrected chi connectivity index (χ4v) is 3.32. The lowest BCUT2D eigenvalue weighted by Gasteiger charge is -2.21. The summed E-state index contributed by atoms with van der Waals surface area (Å²) in [5.74, 6) is -0.553. The van der Waals surface area contributed by atoms with Crippen LogP contribution in [0.25, 0.3) is 0 Å². The van der Waals surface area contributed by atoms with Crippen LogP contribution in [0.5, 0.6) is 5.75 Å². The molecule has 2 aromatic rings. The maximum absolute atomic E-state index is 13.8. The third-order valence-corrected chi connectivity index (χ3v) is 4.77. The molecule has 3 amide bonds. The van der Waals surface area contributed by atoms with Crippen LogP contribution in [0.1, 0.15) is 36.6 Å². The van der Waals surface area contributed by atoms with E-state index in [-0.39, 0.29) is 12.1 Å². The largest absolute Gasteiger partial charge is 0.494 e. The van der Waals surface area contributed by atoms with E-state index in [2.05, 4.69) is 5.32 Å². The van der Waals surface area contributed by atoms with E-state index in [1.54, 1.807) is 24.3 Å². The van der Waals surface area contributed by atoms with Crippen molar-refractivity contribution in [2.24, 2.45) is 0 Å². The Kier molecular flexibility index (Phi) is 6.37. The molecule has 1 fully saturated rings. The molecule has 1 aliphatic heterocycles. The number of imide groups is 1. The zero-order valence-electron chi connectivity index (χ0n) is 16.7. The SMILES string of the molecule is CCOc1ccccc1CNC(=O)N1C(=O)O[C@H](c2cc(F)cc(C(F)(F)F)c2)[C@@H]1C. The van der Waals surface area contributed by atoms with E-state index in [1.807, 2.05) is 6.92 Å². The first-order valence-electron chi connectivity index (χ1n) is 9.48. The first-order chi connectivity index (χ1) is 14.6. The summed E-state index contributed by atoms with van der Waals surface area (Å²) >= 11 is 0. The molecule has 1 saturated heterocycles.